The van der Waals surface area contributed by atoms with Crippen LogP contribution in [0.3, 0.4) is 0 Å². The van der Waals surface area contributed by atoms with Gasteiger partial charge in [-0.3, -0.25) is 0 Å². The zero-order chi connectivity index (χ0) is 18.3. The van der Waals surface area contributed by atoms with E-state index in [4.69, 9.17) is 13.9 Å². The fraction of sp³-hybridized carbons (Fsp3) is 0.150. The molecule has 0 saturated carbocycles. The third kappa shape index (κ3) is 2.97. The van der Waals surface area contributed by atoms with Crippen molar-refractivity contribution in [1.82, 2.24) is 4.98 Å². The number of carbonyl (C=O) groups is 2. The molecule has 0 amide bonds. The number of hydrogen-bond acceptors (Lipinski definition) is 6. The summed E-state index contributed by atoms with van der Waals surface area (Å²) in [6.07, 6.45) is 2.87. The minimum atomic E-state index is -1.24. The predicted molar refractivity (Wildman–Crippen MR) is 93.7 cm³/mol. The van der Waals surface area contributed by atoms with Gasteiger partial charge >= 0.3 is 11.9 Å². The number of carbonyl (C=O) groups excluding carboxylic acids is 2. The van der Waals surface area contributed by atoms with Gasteiger partial charge < -0.3 is 13.9 Å². The summed E-state index contributed by atoms with van der Waals surface area (Å²) < 4.78 is 15.4. The molecule has 0 atom stereocenters. The number of benzene rings is 2. The van der Waals surface area contributed by atoms with Crippen LogP contribution in [0, 0.1) is 0 Å². The minimum absolute atomic E-state index is 0.124. The Hall–Kier alpha value is -3.41. The van der Waals surface area contributed by atoms with Crippen LogP contribution in [0.2, 0.25) is 0 Å². The van der Waals surface area contributed by atoms with Gasteiger partial charge in [-0.25, -0.2) is 14.6 Å². The van der Waals surface area contributed by atoms with Crippen molar-refractivity contribution >= 4 is 29.1 Å². The molecule has 4 rings (SSSR count). The second-order valence-electron chi connectivity index (χ2n) is 6.39. The van der Waals surface area contributed by atoms with E-state index in [2.05, 4.69) is 4.98 Å². The summed E-state index contributed by atoms with van der Waals surface area (Å²) in [7, 11) is 0. The van der Waals surface area contributed by atoms with E-state index >= 15 is 0 Å². The summed E-state index contributed by atoms with van der Waals surface area (Å²) >= 11 is 0. The van der Waals surface area contributed by atoms with Crippen molar-refractivity contribution in [2.24, 2.45) is 0 Å². The number of ether oxygens (including phenoxy) is 2. The summed E-state index contributed by atoms with van der Waals surface area (Å²) in [5.74, 6) is -2.62. The molecule has 26 heavy (non-hydrogen) atoms. The summed E-state index contributed by atoms with van der Waals surface area (Å²) in [4.78, 5) is 28.2. The molecule has 0 radical (unpaired) electrons. The molecule has 1 fully saturated rings. The van der Waals surface area contributed by atoms with Crippen LogP contribution in [0.25, 0.3) is 28.3 Å². The standard InChI is InChI=1S/C20H15NO5/c1-20(2)25-18(22)15(19(23)26-20)9-12-3-5-13(6-4-12)14-7-8-17-16(10-14)21-11-24-17/h3-11H,1-2H3. The zero-order valence-electron chi connectivity index (χ0n) is 14.2. The topological polar surface area (TPSA) is 78.6 Å². The van der Waals surface area contributed by atoms with Crippen molar-refractivity contribution in [2.45, 2.75) is 19.6 Å². The second-order valence-corrected chi connectivity index (χ2v) is 6.39. The normalized spacial score (nSPS) is 16.3. The Balaban J connectivity index is 1.61. The minimum Gasteiger partial charge on any atom is -0.443 e. The Kier molecular flexibility index (Phi) is 3.61. The molecular weight excluding hydrogens is 334 g/mol. The molecule has 130 valence electrons. The maximum absolute atomic E-state index is 12.0. The van der Waals surface area contributed by atoms with Crippen molar-refractivity contribution in [2.75, 3.05) is 0 Å². The molecule has 2 aromatic carbocycles. The molecule has 0 unspecified atom stereocenters. The highest BCUT2D eigenvalue weighted by Crippen LogP contribution is 2.26. The van der Waals surface area contributed by atoms with E-state index in [0.717, 1.165) is 22.2 Å². The van der Waals surface area contributed by atoms with E-state index in [1.54, 1.807) is 0 Å². The van der Waals surface area contributed by atoms with Crippen molar-refractivity contribution in [3.63, 3.8) is 0 Å². The van der Waals surface area contributed by atoms with Crippen LogP contribution in [0.1, 0.15) is 19.4 Å². The van der Waals surface area contributed by atoms with Gasteiger partial charge in [-0.05, 0) is 34.9 Å². The van der Waals surface area contributed by atoms with Crippen LogP contribution < -0.4 is 0 Å². The van der Waals surface area contributed by atoms with E-state index in [0.29, 0.717) is 5.56 Å². The highest BCUT2D eigenvalue weighted by atomic mass is 16.7. The first kappa shape index (κ1) is 16.1. The van der Waals surface area contributed by atoms with Crippen LogP contribution in [-0.4, -0.2) is 22.7 Å². The van der Waals surface area contributed by atoms with Gasteiger partial charge in [0.05, 0.1) is 0 Å². The van der Waals surface area contributed by atoms with E-state index in [1.807, 2.05) is 42.5 Å². The maximum atomic E-state index is 12.0. The van der Waals surface area contributed by atoms with Gasteiger partial charge in [0.25, 0.3) is 5.79 Å². The first-order valence-corrected chi connectivity index (χ1v) is 8.03. The average molecular weight is 349 g/mol. The number of aromatic nitrogens is 1. The molecular formula is C20H15NO5. The van der Waals surface area contributed by atoms with Crippen LogP contribution in [0.4, 0.5) is 0 Å². The van der Waals surface area contributed by atoms with Crippen molar-refractivity contribution in [1.29, 1.82) is 0 Å². The van der Waals surface area contributed by atoms with Crippen LogP contribution in [-0.2, 0) is 19.1 Å². The third-order valence-corrected chi connectivity index (χ3v) is 4.00. The molecule has 1 aliphatic rings. The number of cyclic esters (lactones) is 2. The van der Waals surface area contributed by atoms with Crippen LogP contribution >= 0.6 is 0 Å². The van der Waals surface area contributed by atoms with Gasteiger partial charge in [-0.15, -0.1) is 0 Å². The lowest BCUT2D eigenvalue weighted by Gasteiger charge is -2.29. The summed E-state index contributed by atoms with van der Waals surface area (Å²) in [5, 5.41) is 0. The first-order chi connectivity index (χ1) is 12.4. The van der Waals surface area contributed by atoms with Gasteiger partial charge in [0, 0.05) is 13.8 Å². The lowest BCUT2D eigenvalue weighted by molar-refractivity contribution is -0.222. The molecule has 1 aliphatic heterocycles. The van der Waals surface area contributed by atoms with Gasteiger partial charge in [-0.2, -0.15) is 0 Å². The predicted octanol–water partition coefficient (Wildman–Crippen LogP) is 3.71. The molecule has 3 aromatic rings. The van der Waals surface area contributed by atoms with Gasteiger partial charge in [0.15, 0.2) is 12.0 Å². The monoisotopic (exact) mass is 349 g/mol. The molecule has 0 N–H and O–H groups in total. The number of rotatable bonds is 2. The zero-order valence-corrected chi connectivity index (χ0v) is 14.2. The molecule has 1 aromatic heterocycles. The van der Waals surface area contributed by atoms with Gasteiger partial charge in [0.1, 0.15) is 11.1 Å². The Bertz CT molecular complexity index is 1020. The fourth-order valence-corrected chi connectivity index (χ4v) is 2.75. The maximum Gasteiger partial charge on any atom is 0.348 e. The molecule has 6 heteroatoms. The van der Waals surface area contributed by atoms with Crippen molar-refractivity contribution in [3.05, 3.63) is 60.0 Å². The SMILES string of the molecule is CC1(C)OC(=O)C(=Cc2ccc(-c3ccc4ocnc4c3)cc2)C(=O)O1. The van der Waals surface area contributed by atoms with E-state index in [-0.39, 0.29) is 5.57 Å². The molecule has 6 nitrogen and oxygen atoms in total. The number of nitrogens with zero attached hydrogens (tertiary/aromatic N) is 1. The summed E-state index contributed by atoms with van der Waals surface area (Å²) in [5.41, 5.74) is 4.05. The van der Waals surface area contributed by atoms with E-state index < -0.39 is 17.7 Å². The lowest BCUT2D eigenvalue weighted by Crippen LogP contribution is -2.41. The molecule has 0 bridgehead atoms. The average Bonchev–Trinajstić information content (AvgIpc) is 3.05. The molecule has 2 heterocycles. The highest BCUT2D eigenvalue weighted by molar-refractivity contribution is 6.18. The van der Waals surface area contributed by atoms with Crippen LogP contribution in [0.15, 0.2) is 58.8 Å². The molecule has 0 spiro atoms. The Morgan fingerprint density at radius 1 is 0.923 bits per heavy atom. The number of hydrogen-bond donors (Lipinski definition) is 0. The van der Waals surface area contributed by atoms with Crippen molar-refractivity contribution < 1.29 is 23.5 Å². The van der Waals surface area contributed by atoms with Crippen molar-refractivity contribution in [3.8, 4) is 11.1 Å². The largest absolute Gasteiger partial charge is 0.443 e. The van der Waals surface area contributed by atoms with Crippen LogP contribution in [0.5, 0.6) is 0 Å². The number of oxazole rings is 1. The Morgan fingerprint density at radius 3 is 2.27 bits per heavy atom. The van der Waals surface area contributed by atoms with E-state index in [1.165, 1.54) is 26.3 Å². The first-order valence-electron chi connectivity index (χ1n) is 8.03. The number of fused-ring (bicyclic) bond motifs is 1. The smallest absolute Gasteiger partial charge is 0.348 e. The quantitative estimate of drug-likeness (QED) is 0.399. The number of esters is 2. The Morgan fingerprint density at radius 2 is 1.58 bits per heavy atom. The fourth-order valence-electron chi connectivity index (χ4n) is 2.75. The highest BCUT2D eigenvalue weighted by Gasteiger charge is 2.38. The van der Waals surface area contributed by atoms with E-state index in [9.17, 15) is 9.59 Å². The molecule has 0 aliphatic carbocycles. The second kappa shape index (κ2) is 5.84. The summed E-state index contributed by atoms with van der Waals surface area (Å²) in [6, 6.07) is 13.2. The Labute approximate surface area is 149 Å². The third-order valence-electron chi connectivity index (χ3n) is 4.00. The van der Waals surface area contributed by atoms with Gasteiger partial charge in [0.2, 0.25) is 0 Å². The molecule has 1 saturated heterocycles. The van der Waals surface area contributed by atoms with Gasteiger partial charge in [-0.1, -0.05) is 30.3 Å². The summed E-state index contributed by atoms with van der Waals surface area (Å²) in [6.45, 7) is 3.03. The lowest BCUT2D eigenvalue weighted by atomic mass is 10.0.